The van der Waals surface area contributed by atoms with Crippen molar-refractivity contribution in [2.45, 2.75) is 26.7 Å². The Kier molecular flexibility index (Phi) is 4.66. The molecular weight excluding hydrogens is 326 g/mol. The summed E-state index contributed by atoms with van der Waals surface area (Å²) in [5.41, 5.74) is 2.61. The molecule has 100 valence electrons. The summed E-state index contributed by atoms with van der Waals surface area (Å²) in [5, 5.41) is 6.90. The number of amides is 1. The van der Waals surface area contributed by atoms with E-state index in [1.807, 2.05) is 25.1 Å². The summed E-state index contributed by atoms with van der Waals surface area (Å²) >= 11 is 4.62. The summed E-state index contributed by atoms with van der Waals surface area (Å²) in [5.74, 6) is -0.148. The highest BCUT2D eigenvalue weighted by atomic mass is 79.9. The van der Waals surface area contributed by atoms with Gasteiger partial charge in [-0.3, -0.25) is 4.79 Å². The quantitative estimate of drug-likeness (QED) is 0.921. The monoisotopic (exact) mass is 339 g/mol. The van der Waals surface area contributed by atoms with Crippen molar-refractivity contribution >= 4 is 39.1 Å². The van der Waals surface area contributed by atoms with Crippen LogP contribution in [0.15, 0.2) is 22.7 Å². The molecular formula is C13H14BrN3OS. The predicted octanol–water partition coefficient (Wildman–Crippen LogP) is 3.81. The first-order valence-corrected chi connectivity index (χ1v) is 7.57. The van der Waals surface area contributed by atoms with Crippen molar-refractivity contribution in [1.29, 1.82) is 0 Å². The van der Waals surface area contributed by atoms with Gasteiger partial charge in [0.2, 0.25) is 0 Å². The molecule has 0 unspecified atom stereocenters. The van der Waals surface area contributed by atoms with Gasteiger partial charge in [0.15, 0.2) is 0 Å². The summed E-state index contributed by atoms with van der Waals surface area (Å²) in [6.07, 6.45) is 1.72. The fourth-order valence-corrected chi connectivity index (χ4v) is 2.67. The van der Waals surface area contributed by atoms with Crippen LogP contribution in [0.1, 0.15) is 34.3 Å². The number of benzene rings is 1. The number of halogens is 1. The van der Waals surface area contributed by atoms with E-state index in [1.54, 1.807) is 0 Å². The van der Waals surface area contributed by atoms with E-state index in [-0.39, 0.29) is 5.91 Å². The molecule has 0 bridgehead atoms. The number of carbonyl (C=O) groups is 1. The summed E-state index contributed by atoms with van der Waals surface area (Å²) < 4.78 is 4.76. The molecule has 1 amide bonds. The summed E-state index contributed by atoms with van der Waals surface area (Å²) in [4.78, 5) is 12.8. The minimum absolute atomic E-state index is 0.148. The lowest BCUT2D eigenvalue weighted by atomic mass is 10.2. The van der Waals surface area contributed by atoms with Gasteiger partial charge in [0.25, 0.3) is 5.91 Å². The number of hydrogen-bond acceptors (Lipinski definition) is 4. The smallest absolute Gasteiger partial charge is 0.269 e. The molecule has 6 heteroatoms. The third-order valence-electron chi connectivity index (χ3n) is 2.69. The maximum absolute atomic E-state index is 12.2. The fraction of sp³-hybridized carbons (Fsp3) is 0.308. The van der Waals surface area contributed by atoms with E-state index in [9.17, 15) is 4.79 Å². The Bertz CT molecular complexity index is 597. The molecule has 0 saturated heterocycles. The van der Waals surface area contributed by atoms with Gasteiger partial charge in [0.05, 0.1) is 11.4 Å². The lowest BCUT2D eigenvalue weighted by molar-refractivity contribution is 0.102. The maximum atomic E-state index is 12.2. The SMILES string of the molecule is CCCc1nnsc1C(=O)Nc1cccc(C)c1Br. The second-order valence-electron chi connectivity index (χ2n) is 4.19. The molecule has 0 fully saturated rings. The Hall–Kier alpha value is -1.27. The van der Waals surface area contributed by atoms with Crippen LogP contribution in [0.25, 0.3) is 0 Å². The number of nitrogens with one attached hydrogen (secondary N) is 1. The second-order valence-corrected chi connectivity index (χ2v) is 5.74. The average Bonchev–Trinajstić information content (AvgIpc) is 2.84. The van der Waals surface area contributed by atoms with Gasteiger partial charge >= 0.3 is 0 Å². The Balaban J connectivity index is 2.21. The summed E-state index contributed by atoms with van der Waals surface area (Å²) in [7, 11) is 0. The lowest BCUT2D eigenvalue weighted by Crippen LogP contribution is -2.13. The molecule has 2 aromatic rings. The number of hydrogen-bond donors (Lipinski definition) is 1. The molecule has 19 heavy (non-hydrogen) atoms. The normalized spacial score (nSPS) is 10.5. The number of nitrogens with zero attached hydrogens (tertiary/aromatic N) is 2. The van der Waals surface area contributed by atoms with Gasteiger partial charge in [-0.05, 0) is 52.4 Å². The first kappa shape index (κ1) is 14.1. The van der Waals surface area contributed by atoms with E-state index in [2.05, 4.69) is 37.8 Å². The van der Waals surface area contributed by atoms with E-state index >= 15 is 0 Å². The van der Waals surface area contributed by atoms with E-state index in [1.165, 1.54) is 0 Å². The lowest BCUT2D eigenvalue weighted by Gasteiger charge is -2.08. The zero-order valence-corrected chi connectivity index (χ0v) is 13.1. The van der Waals surface area contributed by atoms with Gasteiger partial charge in [-0.25, -0.2) is 0 Å². The van der Waals surface area contributed by atoms with Crippen molar-refractivity contribution in [3.05, 3.63) is 38.8 Å². The van der Waals surface area contributed by atoms with E-state index in [4.69, 9.17) is 0 Å². The average molecular weight is 340 g/mol. The zero-order chi connectivity index (χ0) is 13.8. The van der Waals surface area contributed by atoms with Crippen LogP contribution in [-0.2, 0) is 6.42 Å². The third-order valence-corrected chi connectivity index (χ3v) is 4.51. The molecule has 0 radical (unpaired) electrons. The first-order valence-electron chi connectivity index (χ1n) is 6.01. The molecule has 2 rings (SSSR count). The Morgan fingerprint density at radius 1 is 1.47 bits per heavy atom. The third kappa shape index (κ3) is 3.19. The number of aromatic nitrogens is 2. The molecule has 0 aliphatic heterocycles. The van der Waals surface area contributed by atoms with Crippen LogP contribution >= 0.6 is 27.5 Å². The van der Waals surface area contributed by atoms with E-state index < -0.39 is 0 Å². The maximum Gasteiger partial charge on any atom is 0.269 e. The van der Waals surface area contributed by atoms with Gasteiger partial charge in [0, 0.05) is 4.47 Å². The molecule has 0 atom stereocenters. The highest BCUT2D eigenvalue weighted by Crippen LogP contribution is 2.26. The van der Waals surface area contributed by atoms with Crippen LogP contribution in [0, 0.1) is 6.92 Å². The number of anilines is 1. The van der Waals surface area contributed by atoms with Crippen molar-refractivity contribution in [2.24, 2.45) is 0 Å². The van der Waals surface area contributed by atoms with Gasteiger partial charge < -0.3 is 5.32 Å². The minimum atomic E-state index is -0.148. The molecule has 1 heterocycles. The number of rotatable bonds is 4. The minimum Gasteiger partial charge on any atom is -0.320 e. The molecule has 0 aliphatic carbocycles. The van der Waals surface area contributed by atoms with Gasteiger partial charge in [-0.15, -0.1) is 5.10 Å². The molecule has 1 aromatic heterocycles. The van der Waals surface area contributed by atoms with Gasteiger partial charge in [0.1, 0.15) is 4.88 Å². The second kappa shape index (κ2) is 6.25. The number of aryl methyl sites for hydroxylation is 2. The summed E-state index contributed by atoms with van der Waals surface area (Å²) in [6, 6.07) is 5.76. The molecule has 1 N–H and O–H groups in total. The van der Waals surface area contributed by atoms with Crippen LogP contribution in [0.2, 0.25) is 0 Å². The predicted molar refractivity (Wildman–Crippen MR) is 80.7 cm³/mol. The highest BCUT2D eigenvalue weighted by molar-refractivity contribution is 9.10. The van der Waals surface area contributed by atoms with Crippen LogP contribution < -0.4 is 5.32 Å². The molecule has 0 aliphatic rings. The van der Waals surface area contributed by atoms with Crippen LogP contribution in [0.5, 0.6) is 0 Å². The van der Waals surface area contributed by atoms with Gasteiger partial charge in [-0.2, -0.15) is 0 Å². The van der Waals surface area contributed by atoms with E-state index in [0.717, 1.165) is 45.8 Å². The standard InChI is InChI=1S/C13H14BrN3OS/c1-3-5-10-12(19-17-16-10)13(18)15-9-7-4-6-8(2)11(9)14/h4,6-7H,3,5H2,1-2H3,(H,15,18). The van der Waals surface area contributed by atoms with Crippen LogP contribution in [-0.4, -0.2) is 15.5 Å². The highest BCUT2D eigenvalue weighted by Gasteiger charge is 2.16. The van der Waals surface area contributed by atoms with Crippen molar-refractivity contribution in [3.8, 4) is 0 Å². The van der Waals surface area contributed by atoms with E-state index in [0.29, 0.717) is 4.88 Å². The zero-order valence-electron chi connectivity index (χ0n) is 10.7. The van der Waals surface area contributed by atoms with Crippen LogP contribution in [0.3, 0.4) is 0 Å². The number of carbonyl (C=O) groups excluding carboxylic acids is 1. The van der Waals surface area contributed by atoms with Crippen molar-refractivity contribution in [3.63, 3.8) is 0 Å². The van der Waals surface area contributed by atoms with Gasteiger partial charge in [-0.1, -0.05) is 30.0 Å². The van der Waals surface area contributed by atoms with Crippen molar-refractivity contribution < 1.29 is 4.79 Å². The fourth-order valence-electron chi connectivity index (χ4n) is 1.70. The topological polar surface area (TPSA) is 54.9 Å². The Labute approximate surface area is 124 Å². The first-order chi connectivity index (χ1) is 9.13. The van der Waals surface area contributed by atoms with Crippen molar-refractivity contribution in [2.75, 3.05) is 5.32 Å². The molecule has 0 spiro atoms. The Morgan fingerprint density at radius 2 is 2.26 bits per heavy atom. The Morgan fingerprint density at radius 3 is 3.00 bits per heavy atom. The molecule has 0 saturated carbocycles. The molecule has 4 nitrogen and oxygen atoms in total. The molecule has 1 aromatic carbocycles. The summed E-state index contributed by atoms with van der Waals surface area (Å²) in [6.45, 7) is 4.04. The van der Waals surface area contributed by atoms with Crippen LogP contribution in [0.4, 0.5) is 5.69 Å². The van der Waals surface area contributed by atoms with Crippen molar-refractivity contribution in [1.82, 2.24) is 9.59 Å². The largest absolute Gasteiger partial charge is 0.320 e.